The van der Waals surface area contributed by atoms with E-state index in [0.29, 0.717) is 40.2 Å². The van der Waals surface area contributed by atoms with Gasteiger partial charge in [0.05, 0.1) is 11.2 Å². The predicted molar refractivity (Wildman–Crippen MR) is 140 cm³/mol. The van der Waals surface area contributed by atoms with Crippen LogP contribution in [0.1, 0.15) is 29.6 Å². The van der Waals surface area contributed by atoms with Crippen molar-refractivity contribution in [2.75, 3.05) is 31.3 Å². The molecule has 188 valence electrons. The molecule has 0 unspecified atom stereocenters. The van der Waals surface area contributed by atoms with E-state index in [-0.39, 0.29) is 23.9 Å². The van der Waals surface area contributed by atoms with Gasteiger partial charge in [-0.15, -0.1) is 0 Å². The molecule has 0 spiro atoms. The molecule has 4 rings (SSSR count). The molecule has 1 saturated carbocycles. The Labute approximate surface area is 214 Å². The van der Waals surface area contributed by atoms with E-state index < -0.39 is 0 Å². The van der Waals surface area contributed by atoms with Crippen molar-refractivity contribution in [3.05, 3.63) is 65.5 Å². The highest BCUT2D eigenvalue weighted by Gasteiger charge is 2.27. The van der Waals surface area contributed by atoms with Gasteiger partial charge in [0, 0.05) is 42.2 Å². The minimum absolute atomic E-state index is 0.0364. The first-order valence-electron chi connectivity index (χ1n) is 11.7. The average molecular weight is 509 g/mol. The third kappa shape index (κ3) is 6.89. The van der Waals surface area contributed by atoms with Gasteiger partial charge in [0.1, 0.15) is 11.4 Å². The number of anilines is 2. The SMILES string of the molecule is CN(C)C/C=C/C(=O)Nc1ccc(C(=O)N[C@@H]2CC[C@H](Nc3ncc(Cl)c(-c4cc[nH]n4)n3)C2)cc1. The van der Waals surface area contributed by atoms with Crippen LogP contribution in [0.3, 0.4) is 0 Å². The van der Waals surface area contributed by atoms with Crippen molar-refractivity contribution in [3.63, 3.8) is 0 Å². The lowest BCUT2D eigenvalue weighted by Crippen LogP contribution is -2.34. The van der Waals surface area contributed by atoms with E-state index in [2.05, 4.69) is 36.1 Å². The van der Waals surface area contributed by atoms with Gasteiger partial charge < -0.3 is 20.9 Å². The van der Waals surface area contributed by atoms with Crippen LogP contribution in [0.2, 0.25) is 5.02 Å². The molecular weight excluding hydrogens is 480 g/mol. The molecule has 0 aliphatic heterocycles. The van der Waals surface area contributed by atoms with Gasteiger partial charge in [-0.1, -0.05) is 17.7 Å². The number of benzene rings is 1. The second-order valence-electron chi connectivity index (χ2n) is 8.91. The number of carbonyl (C=O) groups excluding carboxylic acids is 2. The molecule has 1 aliphatic carbocycles. The van der Waals surface area contributed by atoms with Crippen molar-refractivity contribution in [1.82, 2.24) is 30.4 Å². The van der Waals surface area contributed by atoms with Crippen LogP contribution in [0.15, 0.2) is 54.9 Å². The number of hydrogen-bond donors (Lipinski definition) is 4. The average Bonchev–Trinajstić information content (AvgIpc) is 3.53. The van der Waals surface area contributed by atoms with Crippen molar-refractivity contribution >= 4 is 35.1 Å². The van der Waals surface area contributed by atoms with Crippen LogP contribution in [-0.2, 0) is 4.79 Å². The zero-order valence-corrected chi connectivity index (χ0v) is 20.9. The molecule has 36 heavy (non-hydrogen) atoms. The van der Waals surface area contributed by atoms with Crippen LogP contribution in [0.4, 0.5) is 11.6 Å². The lowest BCUT2D eigenvalue weighted by Gasteiger charge is -2.15. The van der Waals surface area contributed by atoms with E-state index in [0.717, 1.165) is 19.3 Å². The molecule has 0 bridgehead atoms. The highest BCUT2D eigenvalue weighted by atomic mass is 35.5. The summed E-state index contributed by atoms with van der Waals surface area (Å²) in [7, 11) is 3.86. The summed E-state index contributed by atoms with van der Waals surface area (Å²) in [5.41, 5.74) is 2.38. The van der Waals surface area contributed by atoms with Crippen LogP contribution in [-0.4, -0.2) is 69.6 Å². The maximum Gasteiger partial charge on any atom is 0.251 e. The van der Waals surface area contributed by atoms with Crippen molar-refractivity contribution in [1.29, 1.82) is 0 Å². The van der Waals surface area contributed by atoms with E-state index in [1.807, 2.05) is 19.0 Å². The molecule has 1 aromatic carbocycles. The fourth-order valence-electron chi connectivity index (χ4n) is 3.96. The maximum absolute atomic E-state index is 12.7. The predicted octanol–water partition coefficient (Wildman–Crippen LogP) is 3.34. The molecule has 2 heterocycles. The number of amides is 2. The van der Waals surface area contributed by atoms with Gasteiger partial charge in [-0.25, -0.2) is 9.97 Å². The fourth-order valence-corrected chi connectivity index (χ4v) is 4.15. The third-order valence-corrected chi connectivity index (χ3v) is 6.02. The second-order valence-corrected chi connectivity index (χ2v) is 9.31. The Hall–Kier alpha value is -3.76. The Morgan fingerprint density at radius 3 is 2.67 bits per heavy atom. The van der Waals surface area contributed by atoms with Gasteiger partial charge in [-0.3, -0.25) is 14.7 Å². The van der Waals surface area contributed by atoms with Gasteiger partial charge in [-0.2, -0.15) is 5.10 Å². The zero-order valence-electron chi connectivity index (χ0n) is 20.2. The third-order valence-electron chi connectivity index (χ3n) is 5.74. The zero-order chi connectivity index (χ0) is 25.5. The molecule has 11 heteroatoms. The lowest BCUT2D eigenvalue weighted by atomic mass is 10.1. The number of rotatable bonds is 9. The standard InChI is InChI=1S/C25H29ClN8O2/c1-34(2)13-3-4-22(35)29-17-7-5-16(6-8-17)24(36)30-18-9-10-19(14-18)31-25-27-15-20(26)23(32-25)21-11-12-28-33-21/h3-8,11-12,15,18-19H,9-10,13-14H2,1-2H3,(H,28,33)(H,29,35)(H,30,36)(H,27,31,32)/b4-3+/t18-,19+/m1/s1. The summed E-state index contributed by atoms with van der Waals surface area (Å²) in [6.07, 6.45) is 9.03. The number of carbonyl (C=O) groups is 2. The molecule has 1 fully saturated rings. The maximum atomic E-state index is 12.7. The molecule has 3 aromatic rings. The van der Waals surface area contributed by atoms with Crippen LogP contribution < -0.4 is 16.0 Å². The first-order chi connectivity index (χ1) is 17.4. The second kappa shape index (κ2) is 11.8. The van der Waals surface area contributed by atoms with E-state index in [1.54, 1.807) is 48.8 Å². The van der Waals surface area contributed by atoms with Crippen LogP contribution in [0.25, 0.3) is 11.4 Å². The minimum atomic E-state index is -0.209. The largest absolute Gasteiger partial charge is 0.351 e. The Kier molecular flexibility index (Phi) is 8.29. The van der Waals surface area contributed by atoms with Crippen LogP contribution >= 0.6 is 11.6 Å². The van der Waals surface area contributed by atoms with Gasteiger partial charge in [0.15, 0.2) is 0 Å². The van der Waals surface area contributed by atoms with Crippen molar-refractivity contribution in [2.24, 2.45) is 0 Å². The topological polar surface area (TPSA) is 128 Å². The van der Waals surface area contributed by atoms with Crippen molar-refractivity contribution in [2.45, 2.75) is 31.3 Å². The van der Waals surface area contributed by atoms with Gasteiger partial charge in [0.2, 0.25) is 11.9 Å². The minimum Gasteiger partial charge on any atom is -0.351 e. The quantitative estimate of drug-likeness (QED) is 0.326. The van der Waals surface area contributed by atoms with Crippen molar-refractivity contribution in [3.8, 4) is 11.4 Å². The van der Waals surface area contributed by atoms with E-state index in [4.69, 9.17) is 11.6 Å². The number of hydrogen-bond acceptors (Lipinski definition) is 7. The van der Waals surface area contributed by atoms with Gasteiger partial charge in [-0.05, 0) is 63.7 Å². The molecule has 2 aromatic heterocycles. The molecule has 2 amide bonds. The molecule has 1 aliphatic rings. The molecule has 0 radical (unpaired) electrons. The number of halogens is 1. The highest BCUT2D eigenvalue weighted by molar-refractivity contribution is 6.32. The van der Waals surface area contributed by atoms with Crippen LogP contribution in [0, 0.1) is 0 Å². The molecular formula is C25H29ClN8O2. The summed E-state index contributed by atoms with van der Waals surface area (Å²) in [4.78, 5) is 35.5. The molecule has 0 saturated heterocycles. The Bertz CT molecular complexity index is 1210. The normalized spacial score (nSPS) is 17.4. The smallest absolute Gasteiger partial charge is 0.251 e. The summed E-state index contributed by atoms with van der Waals surface area (Å²) in [6.45, 7) is 0.683. The molecule has 10 nitrogen and oxygen atoms in total. The summed E-state index contributed by atoms with van der Waals surface area (Å²) < 4.78 is 0. The molecule has 4 N–H and O–H groups in total. The highest BCUT2D eigenvalue weighted by Crippen LogP contribution is 2.26. The first kappa shape index (κ1) is 25.3. The monoisotopic (exact) mass is 508 g/mol. The summed E-state index contributed by atoms with van der Waals surface area (Å²) >= 11 is 6.23. The first-order valence-corrected chi connectivity index (χ1v) is 12.1. The number of likely N-dealkylation sites (N-methyl/N-ethyl adjacent to an activating group) is 1. The van der Waals surface area contributed by atoms with E-state index in [1.165, 1.54) is 6.08 Å². The summed E-state index contributed by atoms with van der Waals surface area (Å²) in [5, 5.41) is 16.5. The number of aromatic amines is 1. The van der Waals surface area contributed by atoms with Gasteiger partial charge in [0.25, 0.3) is 5.91 Å². The number of H-pyrrole nitrogens is 1. The van der Waals surface area contributed by atoms with E-state index >= 15 is 0 Å². The lowest BCUT2D eigenvalue weighted by molar-refractivity contribution is -0.111. The Balaban J connectivity index is 1.27. The molecule has 2 atom stereocenters. The summed E-state index contributed by atoms with van der Waals surface area (Å²) in [5.74, 6) is 0.122. The number of nitrogens with zero attached hydrogens (tertiary/aromatic N) is 4. The van der Waals surface area contributed by atoms with Crippen molar-refractivity contribution < 1.29 is 9.59 Å². The summed E-state index contributed by atoms with van der Waals surface area (Å²) in [6, 6.07) is 8.81. The Morgan fingerprint density at radius 1 is 1.17 bits per heavy atom. The van der Waals surface area contributed by atoms with Crippen LogP contribution in [0.5, 0.6) is 0 Å². The number of aromatic nitrogens is 4. The van der Waals surface area contributed by atoms with Gasteiger partial charge >= 0.3 is 0 Å². The Morgan fingerprint density at radius 2 is 1.94 bits per heavy atom. The fraction of sp³-hybridized carbons (Fsp3) is 0.320. The number of nitrogens with one attached hydrogen (secondary N) is 4. The van der Waals surface area contributed by atoms with E-state index in [9.17, 15) is 9.59 Å².